The van der Waals surface area contributed by atoms with Crippen molar-refractivity contribution in [3.05, 3.63) is 0 Å². The van der Waals surface area contributed by atoms with Gasteiger partial charge in [0, 0.05) is 48.4 Å². The van der Waals surface area contributed by atoms with Gasteiger partial charge in [-0.1, -0.05) is 6.92 Å². The average molecular weight is 296 g/mol. The number of halogens is 1. The summed E-state index contributed by atoms with van der Waals surface area (Å²) >= 11 is 2.34. The van der Waals surface area contributed by atoms with E-state index in [9.17, 15) is 4.79 Å². The Kier molecular flexibility index (Phi) is 5.01. The first-order chi connectivity index (χ1) is 6.24. The van der Waals surface area contributed by atoms with Crippen LogP contribution in [0.15, 0.2) is 0 Å². The highest BCUT2D eigenvalue weighted by Crippen LogP contribution is 2.20. The lowest BCUT2D eigenvalue weighted by Crippen LogP contribution is -2.35. The fourth-order valence-electron chi connectivity index (χ4n) is 1.55. The standard InChI is InChI=1S/C9H17IN2O/c1-2-4-9(13)11-7-8-5-3-6-12(8)10/h8H,2-7H2,1H3,(H,11,13)/t8-/m0/s1. The molecule has 76 valence electrons. The molecule has 1 atom stereocenters. The first-order valence-electron chi connectivity index (χ1n) is 4.93. The Hall–Kier alpha value is 0.160. The van der Waals surface area contributed by atoms with Gasteiger partial charge in [-0.25, -0.2) is 3.11 Å². The highest BCUT2D eigenvalue weighted by Gasteiger charge is 2.22. The highest BCUT2D eigenvalue weighted by molar-refractivity contribution is 14.1. The van der Waals surface area contributed by atoms with Crippen LogP contribution in [0.2, 0.25) is 0 Å². The van der Waals surface area contributed by atoms with Crippen LogP contribution in [0.4, 0.5) is 0 Å². The van der Waals surface area contributed by atoms with Gasteiger partial charge in [0.15, 0.2) is 0 Å². The van der Waals surface area contributed by atoms with Crippen LogP contribution in [-0.2, 0) is 4.79 Å². The van der Waals surface area contributed by atoms with Gasteiger partial charge < -0.3 is 5.32 Å². The Labute approximate surface area is 93.7 Å². The largest absolute Gasteiger partial charge is 0.355 e. The van der Waals surface area contributed by atoms with E-state index in [2.05, 4.69) is 31.3 Å². The van der Waals surface area contributed by atoms with E-state index in [1.165, 1.54) is 12.8 Å². The molecule has 3 nitrogen and oxygen atoms in total. The third-order valence-electron chi connectivity index (χ3n) is 2.32. The second-order valence-electron chi connectivity index (χ2n) is 3.47. The van der Waals surface area contributed by atoms with E-state index in [0.29, 0.717) is 12.5 Å². The molecule has 1 rings (SSSR count). The summed E-state index contributed by atoms with van der Waals surface area (Å²) in [7, 11) is 0. The topological polar surface area (TPSA) is 32.3 Å². The minimum Gasteiger partial charge on any atom is -0.355 e. The Morgan fingerprint density at radius 1 is 1.69 bits per heavy atom. The van der Waals surface area contributed by atoms with Crippen molar-refractivity contribution in [3.8, 4) is 0 Å². The Morgan fingerprint density at radius 2 is 2.46 bits per heavy atom. The summed E-state index contributed by atoms with van der Waals surface area (Å²) in [4.78, 5) is 11.2. The molecular weight excluding hydrogens is 279 g/mol. The Bertz CT molecular complexity index is 175. The smallest absolute Gasteiger partial charge is 0.220 e. The van der Waals surface area contributed by atoms with Crippen LogP contribution >= 0.6 is 22.9 Å². The molecule has 0 aromatic heterocycles. The van der Waals surface area contributed by atoms with Crippen LogP contribution in [0.3, 0.4) is 0 Å². The molecule has 0 aromatic rings. The van der Waals surface area contributed by atoms with E-state index >= 15 is 0 Å². The van der Waals surface area contributed by atoms with Crippen LogP contribution in [0, 0.1) is 0 Å². The molecule has 0 saturated carbocycles. The lowest BCUT2D eigenvalue weighted by atomic mass is 10.2. The van der Waals surface area contributed by atoms with Crippen molar-refractivity contribution in [1.29, 1.82) is 0 Å². The lowest BCUT2D eigenvalue weighted by Gasteiger charge is -2.17. The van der Waals surface area contributed by atoms with Gasteiger partial charge in [0.05, 0.1) is 0 Å². The second-order valence-corrected chi connectivity index (χ2v) is 4.71. The number of amides is 1. The summed E-state index contributed by atoms with van der Waals surface area (Å²) in [5, 5.41) is 2.97. The lowest BCUT2D eigenvalue weighted by molar-refractivity contribution is -0.121. The zero-order valence-corrected chi connectivity index (χ0v) is 10.2. The normalized spacial score (nSPS) is 23.4. The molecule has 0 spiro atoms. The molecule has 1 aliphatic rings. The van der Waals surface area contributed by atoms with Crippen molar-refractivity contribution in [3.63, 3.8) is 0 Å². The van der Waals surface area contributed by atoms with Gasteiger partial charge >= 0.3 is 0 Å². The van der Waals surface area contributed by atoms with Crippen LogP contribution in [-0.4, -0.2) is 28.2 Å². The minimum absolute atomic E-state index is 0.194. The minimum atomic E-state index is 0.194. The molecule has 1 aliphatic heterocycles. The summed E-state index contributed by atoms with van der Waals surface area (Å²) in [5.41, 5.74) is 0. The van der Waals surface area contributed by atoms with Gasteiger partial charge in [0.25, 0.3) is 0 Å². The maximum absolute atomic E-state index is 11.2. The molecule has 1 amide bonds. The van der Waals surface area contributed by atoms with Crippen LogP contribution in [0.25, 0.3) is 0 Å². The summed E-state index contributed by atoms with van der Waals surface area (Å²) in [5.74, 6) is 0.194. The molecule has 0 aliphatic carbocycles. The molecule has 4 heteroatoms. The van der Waals surface area contributed by atoms with E-state index in [4.69, 9.17) is 0 Å². The van der Waals surface area contributed by atoms with E-state index in [-0.39, 0.29) is 5.91 Å². The third-order valence-corrected chi connectivity index (χ3v) is 3.59. The molecule has 0 radical (unpaired) electrons. The fraction of sp³-hybridized carbons (Fsp3) is 0.889. The van der Waals surface area contributed by atoms with Crippen molar-refractivity contribution in [1.82, 2.24) is 8.43 Å². The predicted octanol–water partition coefficient (Wildman–Crippen LogP) is 1.72. The van der Waals surface area contributed by atoms with E-state index < -0.39 is 0 Å². The van der Waals surface area contributed by atoms with Gasteiger partial charge in [-0.15, -0.1) is 0 Å². The number of nitrogens with one attached hydrogen (secondary N) is 1. The van der Waals surface area contributed by atoms with Gasteiger partial charge in [-0.2, -0.15) is 0 Å². The van der Waals surface area contributed by atoms with E-state index in [1.54, 1.807) is 0 Å². The van der Waals surface area contributed by atoms with Crippen LogP contribution in [0.1, 0.15) is 32.6 Å². The molecule has 1 N–H and O–H groups in total. The molecule has 1 heterocycles. The number of hydrogen-bond acceptors (Lipinski definition) is 2. The molecule has 1 fully saturated rings. The SMILES string of the molecule is CCCC(=O)NC[C@@H]1CCCN1I. The van der Waals surface area contributed by atoms with Crippen molar-refractivity contribution < 1.29 is 4.79 Å². The predicted molar refractivity (Wildman–Crippen MR) is 61.7 cm³/mol. The summed E-state index contributed by atoms with van der Waals surface area (Å²) in [6, 6.07) is 0.557. The first kappa shape index (κ1) is 11.2. The zero-order valence-electron chi connectivity index (χ0n) is 8.05. The van der Waals surface area contributed by atoms with Gasteiger partial charge in [0.2, 0.25) is 5.91 Å². The zero-order chi connectivity index (χ0) is 9.68. The molecule has 0 aromatic carbocycles. The number of rotatable bonds is 4. The van der Waals surface area contributed by atoms with Crippen molar-refractivity contribution in [2.24, 2.45) is 0 Å². The fourth-order valence-corrected chi connectivity index (χ4v) is 2.37. The van der Waals surface area contributed by atoms with Gasteiger partial charge in [-0.3, -0.25) is 4.79 Å². The molecule has 0 unspecified atom stereocenters. The number of carbonyl (C=O) groups is 1. The number of carbonyl (C=O) groups excluding carboxylic acids is 1. The Balaban J connectivity index is 2.14. The van der Waals surface area contributed by atoms with Crippen LogP contribution in [0.5, 0.6) is 0 Å². The van der Waals surface area contributed by atoms with Gasteiger partial charge in [0.1, 0.15) is 0 Å². The van der Waals surface area contributed by atoms with Crippen molar-refractivity contribution >= 4 is 28.8 Å². The van der Waals surface area contributed by atoms with Crippen molar-refractivity contribution in [2.75, 3.05) is 13.1 Å². The quantitative estimate of drug-likeness (QED) is 0.633. The summed E-state index contributed by atoms with van der Waals surface area (Å²) < 4.78 is 2.30. The molecule has 1 saturated heterocycles. The van der Waals surface area contributed by atoms with Gasteiger partial charge in [-0.05, 0) is 19.3 Å². The van der Waals surface area contributed by atoms with E-state index in [1.807, 2.05) is 6.92 Å². The number of hydrogen-bond donors (Lipinski definition) is 1. The molecular formula is C9H17IN2O. The molecule has 13 heavy (non-hydrogen) atoms. The Morgan fingerprint density at radius 3 is 3.00 bits per heavy atom. The maximum Gasteiger partial charge on any atom is 0.220 e. The second kappa shape index (κ2) is 5.80. The maximum atomic E-state index is 11.2. The summed E-state index contributed by atoms with van der Waals surface area (Å²) in [6.07, 6.45) is 4.07. The highest BCUT2D eigenvalue weighted by atomic mass is 127. The van der Waals surface area contributed by atoms with Crippen LogP contribution < -0.4 is 5.32 Å². The third kappa shape index (κ3) is 3.81. The average Bonchev–Trinajstić information content (AvgIpc) is 2.48. The molecule has 0 bridgehead atoms. The van der Waals surface area contributed by atoms with Crippen molar-refractivity contribution in [2.45, 2.75) is 38.6 Å². The summed E-state index contributed by atoms with van der Waals surface area (Å²) in [6.45, 7) is 4.01. The monoisotopic (exact) mass is 296 g/mol. The number of nitrogens with zero attached hydrogens (tertiary/aromatic N) is 1. The first-order valence-corrected chi connectivity index (χ1v) is 5.89. The van der Waals surface area contributed by atoms with E-state index in [0.717, 1.165) is 19.5 Å².